The molecule has 1 aromatic heterocycles. The molecule has 0 unspecified atom stereocenters. The number of likely N-dealkylation sites (N-methyl/N-ethyl adjacent to an activating group) is 2. The van der Waals surface area contributed by atoms with Gasteiger partial charge in [0.05, 0.1) is 22.3 Å². The zero-order valence-electron chi connectivity index (χ0n) is 20.5. The van der Waals surface area contributed by atoms with E-state index in [9.17, 15) is 19.2 Å². The minimum atomic E-state index is -0.729. The highest BCUT2D eigenvalue weighted by molar-refractivity contribution is 6.15. The minimum absolute atomic E-state index is 0.0511. The van der Waals surface area contributed by atoms with Crippen LogP contribution in [-0.2, 0) is 14.4 Å². The van der Waals surface area contributed by atoms with Gasteiger partial charge in [0, 0.05) is 25.7 Å². The van der Waals surface area contributed by atoms with Gasteiger partial charge in [-0.05, 0) is 36.6 Å². The number of nitrogens with zero attached hydrogens (tertiary/aromatic N) is 4. The van der Waals surface area contributed by atoms with Crippen LogP contribution >= 0.6 is 0 Å². The SMILES string of the molecule is C=C(NC(=O)C(=C)n1cnc2c(-c3ccc4c(c3)OCC(=O)N4C)cccc2c1=O)C(=O)N(C)C1CC1. The van der Waals surface area contributed by atoms with Gasteiger partial charge in [-0.25, -0.2) is 4.98 Å². The third-order valence-corrected chi connectivity index (χ3v) is 6.64. The van der Waals surface area contributed by atoms with Crippen LogP contribution in [0, 0.1) is 0 Å². The highest BCUT2D eigenvalue weighted by atomic mass is 16.5. The Hall–Kier alpha value is -4.73. The fourth-order valence-corrected chi connectivity index (χ4v) is 4.24. The van der Waals surface area contributed by atoms with Gasteiger partial charge in [-0.2, -0.15) is 0 Å². The van der Waals surface area contributed by atoms with Gasteiger partial charge in [-0.15, -0.1) is 0 Å². The van der Waals surface area contributed by atoms with Crippen molar-refractivity contribution in [1.82, 2.24) is 19.8 Å². The summed E-state index contributed by atoms with van der Waals surface area (Å²) in [5.74, 6) is -0.703. The normalized spacial score (nSPS) is 14.5. The second kappa shape index (κ2) is 9.05. The first-order valence-electron chi connectivity index (χ1n) is 11.7. The second-order valence-corrected chi connectivity index (χ2v) is 9.07. The highest BCUT2D eigenvalue weighted by Gasteiger charge is 2.31. The molecule has 10 heteroatoms. The maximum absolute atomic E-state index is 13.3. The van der Waals surface area contributed by atoms with Crippen molar-refractivity contribution in [2.24, 2.45) is 0 Å². The number of ether oxygens (including phenoxy) is 1. The Morgan fingerprint density at radius 3 is 2.65 bits per heavy atom. The zero-order valence-corrected chi connectivity index (χ0v) is 20.5. The topological polar surface area (TPSA) is 114 Å². The second-order valence-electron chi connectivity index (χ2n) is 9.07. The van der Waals surface area contributed by atoms with Gasteiger partial charge in [-0.1, -0.05) is 31.4 Å². The smallest absolute Gasteiger partial charge is 0.272 e. The summed E-state index contributed by atoms with van der Waals surface area (Å²) in [6.07, 6.45) is 3.08. The van der Waals surface area contributed by atoms with E-state index >= 15 is 0 Å². The Labute approximate surface area is 212 Å². The minimum Gasteiger partial charge on any atom is -0.482 e. The number of fused-ring (bicyclic) bond motifs is 2. The molecule has 1 saturated carbocycles. The molecular formula is C27H25N5O5. The van der Waals surface area contributed by atoms with Gasteiger partial charge in [0.15, 0.2) is 6.61 Å². The molecule has 0 spiro atoms. The number of carbonyl (C=O) groups excluding carboxylic acids is 3. The van der Waals surface area contributed by atoms with Gasteiger partial charge in [0.1, 0.15) is 17.8 Å². The summed E-state index contributed by atoms with van der Waals surface area (Å²) in [6.45, 7) is 7.34. The first kappa shape index (κ1) is 24.0. The number of hydrogen-bond donors (Lipinski definition) is 1. The summed E-state index contributed by atoms with van der Waals surface area (Å²) in [5, 5.41) is 2.72. The van der Waals surface area contributed by atoms with Crippen LogP contribution in [0.1, 0.15) is 12.8 Å². The Bertz CT molecular complexity index is 1570. The maximum atomic E-state index is 13.3. The average Bonchev–Trinajstić information content (AvgIpc) is 3.75. The number of para-hydroxylation sites is 1. The Kier molecular flexibility index (Phi) is 5.87. The van der Waals surface area contributed by atoms with E-state index in [2.05, 4.69) is 23.5 Å². The Morgan fingerprint density at radius 1 is 1.16 bits per heavy atom. The molecule has 2 aromatic carbocycles. The van der Waals surface area contributed by atoms with Crippen molar-refractivity contribution in [3.8, 4) is 16.9 Å². The van der Waals surface area contributed by atoms with E-state index in [1.807, 2.05) is 12.1 Å². The van der Waals surface area contributed by atoms with Crippen LogP contribution in [0.4, 0.5) is 5.69 Å². The molecule has 10 nitrogen and oxygen atoms in total. The largest absolute Gasteiger partial charge is 0.482 e. The predicted molar refractivity (Wildman–Crippen MR) is 139 cm³/mol. The van der Waals surface area contributed by atoms with Gasteiger partial charge in [0.25, 0.3) is 23.3 Å². The molecule has 0 saturated heterocycles. The van der Waals surface area contributed by atoms with E-state index < -0.39 is 11.5 Å². The number of nitrogens with one attached hydrogen (secondary N) is 1. The van der Waals surface area contributed by atoms with E-state index in [1.54, 1.807) is 38.4 Å². The summed E-state index contributed by atoms with van der Waals surface area (Å²) in [6, 6.07) is 10.7. The molecule has 1 N–H and O–H groups in total. The molecule has 37 heavy (non-hydrogen) atoms. The highest BCUT2D eigenvalue weighted by Crippen LogP contribution is 2.36. The molecule has 1 fully saturated rings. The summed E-state index contributed by atoms with van der Waals surface area (Å²) in [7, 11) is 3.35. The molecule has 2 aliphatic rings. The van der Waals surface area contributed by atoms with Crippen molar-refractivity contribution in [2.75, 3.05) is 25.6 Å². The average molecular weight is 500 g/mol. The first-order chi connectivity index (χ1) is 17.7. The lowest BCUT2D eigenvalue weighted by atomic mass is 10.0. The molecule has 0 bridgehead atoms. The third-order valence-electron chi connectivity index (χ3n) is 6.64. The summed E-state index contributed by atoms with van der Waals surface area (Å²) >= 11 is 0. The number of amides is 3. The molecule has 3 amide bonds. The molecular weight excluding hydrogens is 474 g/mol. The molecule has 2 heterocycles. The van der Waals surface area contributed by atoms with Crippen LogP contribution in [0.25, 0.3) is 27.7 Å². The summed E-state index contributed by atoms with van der Waals surface area (Å²) < 4.78 is 6.64. The molecule has 1 aliphatic heterocycles. The first-order valence-corrected chi connectivity index (χ1v) is 11.7. The van der Waals surface area contributed by atoms with Crippen molar-refractivity contribution in [3.05, 3.63) is 71.9 Å². The molecule has 0 atom stereocenters. The fraction of sp³-hybridized carbons (Fsp3) is 0.222. The van der Waals surface area contributed by atoms with Crippen LogP contribution in [0.2, 0.25) is 0 Å². The van der Waals surface area contributed by atoms with Crippen molar-refractivity contribution in [1.29, 1.82) is 0 Å². The molecule has 0 radical (unpaired) electrons. The Balaban J connectivity index is 1.43. The lowest BCUT2D eigenvalue weighted by molar-refractivity contribution is -0.128. The van der Waals surface area contributed by atoms with Gasteiger partial charge in [-0.3, -0.25) is 23.7 Å². The number of anilines is 1. The zero-order chi connectivity index (χ0) is 26.4. The molecule has 188 valence electrons. The Morgan fingerprint density at radius 2 is 1.92 bits per heavy atom. The van der Waals surface area contributed by atoms with Gasteiger partial charge >= 0.3 is 0 Å². The number of benzene rings is 2. The summed E-state index contributed by atoms with van der Waals surface area (Å²) in [5.41, 5.74) is 1.75. The molecule has 1 aliphatic carbocycles. The van der Waals surface area contributed by atoms with E-state index in [1.165, 1.54) is 16.1 Å². The standard InChI is InChI=1S/C27H25N5O5/c1-15(26(35)30(3)18-9-10-18)29-25(34)16(2)32-14-28-24-19(6-5-7-20(24)27(32)36)17-8-11-21-22(12-17)37-13-23(33)31(21)4/h5-8,11-12,14,18H,1-2,9-10,13H2,3-4H3,(H,29,34). The van der Waals surface area contributed by atoms with E-state index in [-0.39, 0.29) is 41.2 Å². The van der Waals surface area contributed by atoms with Crippen molar-refractivity contribution < 1.29 is 19.1 Å². The van der Waals surface area contributed by atoms with Crippen LogP contribution in [0.3, 0.4) is 0 Å². The monoisotopic (exact) mass is 499 g/mol. The number of aromatic nitrogens is 2. The van der Waals surface area contributed by atoms with E-state index in [0.717, 1.165) is 23.0 Å². The van der Waals surface area contributed by atoms with Crippen LogP contribution in [0.5, 0.6) is 5.75 Å². The van der Waals surface area contributed by atoms with Crippen LogP contribution < -0.4 is 20.5 Å². The van der Waals surface area contributed by atoms with Crippen molar-refractivity contribution in [3.63, 3.8) is 0 Å². The fourth-order valence-electron chi connectivity index (χ4n) is 4.24. The maximum Gasteiger partial charge on any atom is 0.272 e. The predicted octanol–water partition coefficient (Wildman–Crippen LogP) is 2.14. The van der Waals surface area contributed by atoms with E-state index in [4.69, 9.17) is 4.74 Å². The van der Waals surface area contributed by atoms with Crippen molar-refractivity contribution in [2.45, 2.75) is 18.9 Å². The van der Waals surface area contributed by atoms with E-state index in [0.29, 0.717) is 22.5 Å². The van der Waals surface area contributed by atoms with Gasteiger partial charge in [0.2, 0.25) is 0 Å². The lowest BCUT2D eigenvalue weighted by Crippen LogP contribution is -2.38. The quantitative estimate of drug-likeness (QED) is 0.520. The molecule has 3 aromatic rings. The van der Waals surface area contributed by atoms with Gasteiger partial charge < -0.3 is 19.9 Å². The third kappa shape index (κ3) is 4.26. The number of carbonyl (C=O) groups is 3. The number of rotatable bonds is 6. The number of hydrogen-bond acceptors (Lipinski definition) is 6. The molecule has 5 rings (SSSR count). The van der Waals surface area contributed by atoms with Crippen LogP contribution in [0.15, 0.2) is 66.4 Å². The van der Waals surface area contributed by atoms with Crippen molar-refractivity contribution >= 4 is 40.0 Å². The lowest BCUT2D eigenvalue weighted by Gasteiger charge is -2.26. The summed E-state index contributed by atoms with van der Waals surface area (Å²) in [4.78, 5) is 57.9. The van der Waals surface area contributed by atoms with Crippen LogP contribution in [-0.4, -0.2) is 58.9 Å².